The number of hydrogen-bond donors (Lipinski definition) is 0. The predicted molar refractivity (Wildman–Crippen MR) is 109 cm³/mol. The molecule has 0 saturated carbocycles. The monoisotopic (exact) mass is 420 g/mol. The minimum atomic E-state index is -0.689. The molecular formula is C21H32N4O5. The lowest BCUT2D eigenvalue weighted by molar-refractivity contribution is 0.0225. The van der Waals surface area contributed by atoms with E-state index < -0.39 is 23.2 Å². The van der Waals surface area contributed by atoms with Gasteiger partial charge in [0.25, 0.3) is 5.91 Å². The molecule has 3 amide bonds. The highest BCUT2D eigenvalue weighted by atomic mass is 16.6. The van der Waals surface area contributed by atoms with Gasteiger partial charge in [-0.1, -0.05) is 0 Å². The van der Waals surface area contributed by atoms with Gasteiger partial charge in [-0.15, -0.1) is 0 Å². The van der Waals surface area contributed by atoms with Gasteiger partial charge in [-0.25, -0.2) is 14.5 Å². The first-order valence-corrected chi connectivity index (χ1v) is 10.5. The van der Waals surface area contributed by atoms with Crippen LogP contribution in [0.25, 0.3) is 0 Å². The number of nitrogens with zero attached hydrogens (tertiary/aromatic N) is 4. The first kappa shape index (κ1) is 22.1. The molecular weight excluding hydrogens is 388 g/mol. The van der Waals surface area contributed by atoms with E-state index in [1.807, 2.05) is 20.8 Å². The van der Waals surface area contributed by atoms with Crippen LogP contribution in [0.15, 0.2) is 0 Å². The van der Waals surface area contributed by atoms with Gasteiger partial charge in [0, 0.05) is 25.2 Å². The molecule has 0 bridgehead atoms. The second-order valence-electron chi connectivity index (χ2n) is 9.79. The molecule has 2 aliphatic rings. The zero-order valence-electron chi connectivity index (χ0n) is 18.8. The summed E-state index contributed by atoms with van der Waals surface area (Å²) in [5.74, 6) is -0.443. The summed E-state index contributed by atoms with van der Waals surface area (Å²) in [6.45, 7) is 12.6. The summed E-state index contributed by atoms with van der Waals surface area (Å²) < 4.78 is 12.7. The number of hydrogen-bond acceptors (Lipinski definition) is 6. The lowest BCUT2D eigenvalue weighted by Crippen LogP contribution is -2.41. The summed E-state index contributed by atoms with van der Waals surface area (Å²) in [7, 11) is 0. The van der Waals surface area contributed by atoms with Gasteiger partial charge in [-0.05, 0) is 60.8 Å². The van der Waals surface area contributed by atoms with Crippen molar-refractivity contribution in [1.29, 1.82) is 0 Å². The highest BCUT2D eigenvalue weighted by Crippen LogP contribution is 2.27. The Labute approximate surface area is 177 Å². The molecule has 0 unspecified atom stereocenters. The fourth-order valence-electron chi connectivity index (χ4n) is 3.62. The quantitative estimate of drug-likeness (QED) is 0.639. The van der Waals surface area contributed by atoms with Gasteiger partial charge in [-0.2, -0.15) is 5.10 Å². The second kappa shape index (κ2) is 7.92. The Balaban J connectivity index is 1.86. The van der Waals surface area contributed by atoms with E-state index in [1.54, 1.807) is 30.4 Å². The van der Waals surface area contributed by atoms with Crippen molar-refractivity contribution >= 4 is 18.1 Å². The summed E-state index contributed by atoms with van der Waals surface area (Å²) in [5.41, 5.74) is 0.657. The molecule has 3 rings (SSSR count). The third-order valence-corrected chi connectivity index (χ3v) is 4.83. The zero-order chi connectivity index (χ0) is 22.3. The number of rotatable bonds is 0. The van der Waals surface area contributed by atoms with Crippen molar-refractivity contribution in [2.45, 2.75) is 85.1 Å². The van der Waals surface area contributed by atoms with Crippen LogP contribution in [0.4, 0.5) is 9.59 Å². The second-order valence-corrected chi connectivity index (χ2v) is 9.79. The SMILES string of the molecule is CC(C)(C)OC(=O)N1CCCn2nc3c(c2C1)CCCN(C(=O)OC(C)(C)C)C3=O. The molecule has 30 heavy (non-hydrogen) atoms. The number of carbonyl (C=O) groups excluding carboxylic acids is 3. The zero-order valence-corrected chi connectivity index (χ0v) is 18.8. The minimum Gasteiger partial charge on any atom is -0.444 e. The van der Waals surface area contributed by atoms with Crippen LogP contribution in [0, 0.1) is 0 Å². The van der Waals surface area contributed by atoms with Gasteiger partial charge in [0.1, 0.15) is 11.2 Å². The molecule has 0 radical (unpaired) electrons. The minimum absolute atomic E-state index is 0.277. The molecule has 1 aromatic heterocycles. The van der Waals surface area contributed by atoms with Crippen LogP contribution < -0.4 is 0 Å². The highest BCUT2D eigenvalue weighted by Gasteiger charge is 2.36. The fraction of sp³-hybridized carbons (Fsp3) is 0.714. The average molecular weight is 421 g/mol. The van der Waals surface area contributed by atoms with E-state index in [0.29, 0.717) is 38.9 Å². The summed E-state index contributed by atoms with van der Waals surface area (Å²) in [4.78, 5) is 41.1. The van der Waals surface area contributed by atoms with E-state index in [0.717, 1.165) is 16.2 Å². The van der Waals surface area contributed by atoms with Crippen molar-refractivity contribution in [2.75, 3.05) is 13.1 Å². The summed E-state index contributed by atoms with van der Waals surface area (Å²) >= 11 is 0. The Kier molecular flexibility index (Phi) is 5.84. The Morgan fingerprint density at radius 2 is 1.53 bits per heavy atom. The van der Waals surface area contributed by atoms with Crippen molar-refractivity contribution in [3.05, 3.63) is 17.0 Å². The lowest BCUT2D eigenvalue weighted by Gasteiger charge is -2.26. The summed E-state index contributed by atoms with van der Waals surface area (Å²) in [6, 6.07) is 0. The number of carbonyl (C=O) groups is 3. The van der Waals surface area contributed by atoms with E-state index in [-0.39, 0.29) is 18.3 Å². The van der Waals surface area contributed by atoms with Crippen LogP contribution in [-0.2, 0) is 29.0 Å². The topological polar surface area (TPSA) is 94.0 Å². The maximum Gasteiger partial charge on any atom is 0.417 e. The number of aryl methyl sites for hydroxylation is 1. The van der Waals surface area contributed by atoms with Crippen molar-refractivity contribution in [3.8, 4) is 0 Å². The van der Waals surface area contributed by atoms with Gasteiger partial charge < -0.3 is 14.4 Å². The molecule has 0 aromatic carbocycles. The van der Waals surface area contributed by atoms with E-state index >= 15 is 0 Å². The van der Waals surface area contributed by atoms with Crippen LogP contribution in [-0.4, -0.2) is 62.0 Å². The Hall–Kier alpha value is -2.58. The first-order chi connectivity index (χ1) is 13.9. The predicted octanol–water partition coefficient (Wildman–Crippen LogP) is 3.35. The number of aromatic nitrogens is 2. The van der Waals surface area contributed by atoms with Crippen LogP contribution in [0.2, 0.25) is 0 Å². The van der Waals surface area contributed by atoms with Crippen molar-refractivity contribution < 1.29 is 23.9 Å². The largest absolute Gasteiger partial charge is 0.444 e. The van der Waals surface area contributed by atoms with Crippen LogP contribution in [0.1, 0.15) is 76.1 Å². The highest BCUT2D eigenvalue weighted by molar-refractivity contribution is 6.03. The van der Waals surface area contributed by atoms with E-state index in [1.165, 1.54) is 0 Å². The standard InChI is InChI=1S/C21H32N4O5/c1-20(2,3)29-18(27)23-10-8-12-25-15(13-23)14-9-7-11-24(17(26)16(14)22-25)19(28)30-21(4,5)6/h7-13H2,1-6H3. The molecule has 1 aromatic rings. The van der Waals surface area contributed by atoms with Crippen molar-refractivity contribution in [3.63, 3.8) is 0 Å². The molecule has 9 nitrogen and oxygen atoms in total. The molecule has 0 atom stereocenters. The van der Waals surface area contributed by atoms with Crippen molar-refractivity contribution in [1.82, 2.24) is 19.6 Å². The summed E-state index contributed by atoms with van der Waals surface area (Å²) in [6.07, 6.45) is 0.901. The molecule has 0 fully saturated rings. The van der Waals surface area contributed by atoms with E-state index in [9.17, 15) is 14.4 Å². The molecule has 0 saturated heterocycles. The molecule has 9 heteroatoms. The normalized spacial score (nSPS) is 17.6. The molecule has 166 valence electrons. The molecule has 0 aliphatic carbocycles. The number of amides is 3. The van der Waals surface area contributed by atoms with Gasteiger partial charge >= 0.3 is 12.2 Å². The van der Waals surface area contributed by atoms with Gasteiger partial charge in [0.2, 0.25) is 0 Å². The third-order valence-electron chi connectivity index (χ3n) is 4.83. The fourth-order valence-corrected chi connectivity index (χ4v) is 3.62. The first-order valence-electron chi connectivity index (χ1n) is 10.5. The number of fused-ring (bicyclic) bond motifs is 3. The number of ether oxygens (including phenoxy) is 2. The van der Waals surface area contributed by atoms with Gasteiger partial charge in [0.15, 0.2) is 5.69 Å². The van der Waals surface area contributed by atoms with Gasteiger partial charge in [-0.3, -0.25) is 9.48 Å². The number of imide groups is 1. The van der Waals surface area contributed by atoms with Crippen LogP contribution >= 0.6 is 0 Å². The maximum atomic E-state index is 13.1. The lowest BCUT2D eigenvalue weighted by atomic mass is 10.1. The average Bonchev–Trinajstić information content (AvgIpc) is 2.72. The Morgan fingerprint density at radius 1 is 0.900 bits per heavy atom. The third kappa shape index (κ3) is 4.94. The Morgan fingerprint density at radius 3 is 2.17 bits per heavy atom. The molecule has 0 N–H and O–H groups in total. The van der Waals surface area contributed by atoms with Gasteiger partial charge in [0.05, 0.1) is 12.2 Å². The smallest absolute Gasteiger partial charge is 0.417 e. The maximum absolute atomic E-state index is 13.1. The molecule has 0 spiro atoms. The van der Waals surface area contributed by atoms with E-state index in [2.05, 4.69) is 5.10 Å². The van der Waals surface area contributed by atoms with Crippen LogP contribution in [0.5, 0.6) is 0 Å². The molecule has 3 heterocycles. The van der Waals surface area contributed by atoms with Crippen molar-refractivity contribution in [2.24, 2.45) is 0 Å². The Bertz CT molecular complexity index is 847. The summed E-state index contributed by atoms with van der Waals surface area (Å²) in [5, 5.41) is 4.53. The van der Waals surface area contributed by atoms with Crippen LogP contribution in [0.3, 0.4) is 0 Å². The molecule has 2 aliphatic heterocycles. The van der Waals surface area contributed by atoms with E-state index in [4.69, 9.17) is 9.47 Å².